The van der Waals surface area contributed by atoms with Gasteiger partial charge in [0, 0.05) is 25.0 Å². The van der Waals surface area contributed by atoms with E-state index in [1.807, 2.05) is 60.7 Å². The normalized spacial score (nSPS) is 10.3. The van der Waals surface area contributed by atoms with E-state index in [0.717, 1.165) is 11.1 Å². The van der Waals surface area contributed by atoms with Gasteiger partial charge in [0.05, 0.1) is 0 Å². The molecule has 1 aromatic heterocycles. The zero-order chi connectivity index (χ0) is 16.8. The lowest BCUT2D eigenvalue weighted by molar-refractivity contribution is 0.0724. The first-order chi connectivity index (χ1) is 11.7. The highest BCUT2D eigenvalue weighted by Gasteiger charge is 2.18. The number of aromatic nitrogens is 1. The first kappa shape index (κ1) is 15.7. The third-order valence-electron chi connectivity index (χ3n) is 3.72. The fourth-order valence-corrected chi connectivity index (χ4v) is 2.53. The van der Waals surface area contributed by atoms with Crippen molar-refractivity contribution in [2.24, 2.45) is 0 Å². The van der Waals surface area contributed by atoms with Gasteiger partial charge in [-0.25, -0.2) is 0 Å². The Morgan fingerprint density at radius 1 is 0.875 bits per heavy atom. The Hall–Kier alpha value is -3.14. The Labute approximate surface area is 141 Å². The summed E-state index contributed by atoms with van der Waals surface area (Å²) < 4.78 is 0. The Morgan fingerprint density at radius 2 is 1.42 bits per heavy atom. The highest BCUT2D eigenvalue weighted by atomic mass is 16.2. The molecule has 0 aliphatic heterocycles. The predicted octanol–water partition coefficient (Wildman–Crippen LogP) is 3.51. The number of carbonyl (C=O) groups excluding carboxylic acids is 1. The van der Waals surface area contributed by atoms with Crippen LogP contribution in [0.15, 0.2) is 79.0 Å². The third-order valence-corrected chi connectivity index (χ3v) is 3.72. The maximum atomic E-state index is 12.9. The van der Waals surface area contributed by atoms with E-state index in [4.69, 9.17) is 5.73 Å². The number of hydrogen-bond donors (Lipinski definition) is 1. The maximum Gasteiger partial charge on any atom is 0.273 e. The highest BCUT2D eigenvalue weighted by Crippen LogP contribution is 2.14. The summed E-state index contributed by atoms with van der Waals surface area (Å²) in [5, 5.41) is 0. The van der Waals surface area contributed by atoms with Crippen LogP contribution in [0.3, 0.4) is 0 Å². The van der Waals surface area contributed by atoms with Crippen molar-refractivity contribution in [1.82, 2.24) is 9.88 Å². The Bertz CT molecular complexity index is 762. The number of pyridine rings is 1. The molecule has 1 heterocycles. The second-order valence-electron chi connectivity index (χ2n) is 5.61. The maximum absolute atomic E-state index is 12.9. The highest BCUT2D eigenvalue weighted by molar-refractivity contribution is 5.93. The van der Waals surface area contributed by atoms with Gasteiger partial charge in [0.25, 0.3) is 5.91 Å². The molecule has 3 rings (SSSR count). The molecule has 0 unspecified atom stereocenters. The molecule has 0 bridgehead atoms. The van der Waals surface area contributed by atoms with Gasteiger partial charge in [-0.05, 0) is 23.3 Å². The van der Waals surface area contributed by atoms with E-state index in [1.165, 1.54) is 0 Å². The van der Waals surface area contributed by atoms with Gasteiger partial charge in [-0.2, -0.15) is 0 Å². The first-order valence-electron chi connectivity index (χ1n) is 7.81. The molecule has 120 valence electrons. The number of nitrogens with two attached hydrogens (primary N) is 1. The zero-order valence-electron chi connectivity index (χ0n) is 13.3. The largest absolute Gasteiger partial charge is 0.399 e. The molecular weight excluding hydrogens is 298 g/mol. The fraction of sp³-hybridized carbons (Fsp3) is 0.100. The smallest absolute Gasteiger partial charge is 0.273 e. The SMILES string of the molecule is Nc1ccnc(C(=O)N(Cc2ccccc2)Cc2ccccc2)c1. The predicted molar refractivity (Wildman–Crippen MR) is 95.1 cm³/mol. The van der Waals surface area contributed by atoms with Crippen LogP contribution in [0.1, 0.15) is 21.6 Å². The Kier molecular flexibility index (Phi) is 4.87. The van der Waals surface area contributed by atoms with Crippen molar-refractivity contribution in [2.75, 3.05) is 5.73 Å². The van der Waals surface area contributed by atoms with E-state index in [9.17, 15) is 4.79 Å². The monoisotopic (exact) mass is 317 g/mol. The number of nitrogen functional groups attached to an aromatic ring is 1. The molecule has 4 heteroatoms. The third kappa shape index (κ3) is 3.98. The summed E-state index contributed by atoms with van der Waals surface area (Å²) in [5.74, 6) is -0.130. The molecule has 0 aliphatic carbocycles. The topological polar surface area (TPSA) is 59.2 Å². The van der Waals surface area contributed by atoms with E-state index < -0.39 is 0 Å². The number of nitrogens with zero attached hydrogens (tertiary/aromatic N) is 2. The summed E-state index contributed by atoms with van der Waals surface area (Å²) in [5.41, 5.74) is 8.84. The number of benzene rings is 2. The van der Waals surface area contributed by atoms with Gasteiger partial charge in [-0.15, -0.1) is 0 Å². The summed E-state index contributed by atoms with van der Waals surface area (Å²) in [6.07, 6.45) is 1.56. The van der Waals surface area contributed by atoms with E-state index in [2.05, 4.69) is 4.98 Å². The summed E-state index contributed by atoms with van der Waals surface area (Å²) in [4.78, 5) is 18.9. The molecule has 0 saturated heterocycles. The van der Waals surface area contributed by atoms with Crippen molar-refractivity contribution in [2.45, 2.75) is 13.1 Å². The molecule has 0 saturated carbocycles. The molecule has 1 amide bonds. The second kappa shape index (κ2) is 7.42. The van der Waals surface area contributed by atoms with Crippen molar-refractivity contribution in [3.63, 3.8) is 0 Å². The molecule has 0 atom stereocenters. The molecule has 3 aromatic rings. The van der Waals surface area contributed by atoms with Crippen LogP contribution < -0.4 is 5.73 Å². The van der Waals surface area contributed by atoms with Crippen LogP contribution in [0.2, 0.25) is 0 Å². The van der Waals surface area contributed by atoms with Crippen molar-refractivity contribution in [1.29, 1.82) is 0 Å². The van der Waals surface area contributed by atoms with Gasteiger partial charge in [0.1, 0.15) is 5.69 Å². The number of carbonyl (C=O) groups is 1. The lowest BCUT2D eigenvalue weighted by Gasteiger charge is -2.23. The molecule has 0 aliphatic rings. The number of anilines is 1. The van der Waals surface area contributed by atoms with Gasteiger partial charge < -0.3 is 10.6 Å². The summed E-state index contributed by atoms with van der Waals surface area (Å²) >= 11 is 0. The second-order valence-corrected chi connectivity index (χ2v) is 5.61. The number of amides is 1. The lowest BCUT2D eigenvalue weighted by Crippen LogP contribution is -2.30. The average molecular weight is 317 g/mol. The number of hydrogen-bond acceptors (Lipinski definition) is 3. The minimum absolute atomic E-state index is 0.130. The van der Waals surface area contributed by atoms with Crippen LogP contribution in [0.5, 0.6) is 0 Å². The molecule has 24 heavy (non-hydrogen) atoms. The summed E-state index contributed by atoms with van der Waals surface area (Å²) in [7, 11) is 0. The van der Waals surface area contributed by atoms with Crippen LogP contribution >= 0.6 is 0 Å². The van der Waals surface area contributed by atoms with E-state index >= 15 is 0 Å². The average Bonchev–Trinajstić information content (AvgIpc) is 2.62. The molecule has 0 spiro atoms. The molecule has 2 N–H and O–H groups in total. The van der Waals surface area contributed by atoms with Crippen LogP contribution in [-0.4, -0.2) is 15.8 Å². The van der Waals surface area contributed by atoms with Crippen LogP contribution in [0.25, 0.3) is 0 Å². The first-order valence-corrected chi connectivity index (χ1v) is 7.81. The summed E-state index contributed by atoms with van der Waals surface area (Å²) in [6, 6.07) is 23.2. The van der Waals surface area contributed by atoms with Gasteiger partial charge in [0.15, 0.2) is 0 Å². The van der Waals surface area contributed by atoms with Crippen molar-refractivity contribution in [3.8, 4) is 0 Å². The van der Waals surface area contributed by atoms with Crippen molar-refractivity contribution in [3.05, 3.63) is 95.8 Å². The van der Waals surface area contributed by atoms with Crippen LogP contribution in [0.4, 0.5) is 5.69 Å². The Balaban J connectivity index is 1.87. The summed E-state index contributed by atoms with van der Waals surface area (Å²) in [6.45, 7) is 1.04. The van der Waals surface area contributed by atoms with Crippen LogP contribution in [-0.2, 0) is 13.1 Å². The molecule has 4 nitrogen and oxygen atoms in total. The van der Waals surface area contributed by atoms with E-state index in [0.29, 0.717) is 24.5 Å². The Morgan fingerprint density at radius 3 is 1.92 bits per heavy atom. The minimum atomic E-state index is -0.130. The quantitative estimate of drug-likeness (QED) is 0.783. The molecule has 0 fully saturated rings. The van der Waals surface area contributed by atoms with Gasteiger partial charge in [-0.1, -0.05) is 60.7 Å². The standard InChI is InChI=1S/C20H19N3O/c21-18-11-12-22-19(13-18)20(24)23(14-16-7-3-1-4-8-16)15-17-9-5-2-6-10-17/h1-13H,14-15H2,(H2,21,22). The fourth-order valence-electron chi connectivity index (χ4n) is 2.53. The molecule has 0 radical (unpaired) electrons. The van der Waals surface area contributed by atoms with Gasteiger partial charge >= 0.3 is 0 Å². The minimum Gasteiger partial charge on any atom is -0.399 e. The van der Waals surface area contributed by atoms with Gasteiger partial charge in [-0.3, -0.25) is 9.78 Å². The lowest BCUT2D eigenvalue weighted by atomic mass is 10.1. The molecular formula is C20H19N3O. The molecule has 2 aromatic carbocycles. The van der Waals surface area contributed by atoms with E-state index in [-0.39, 0.29) is 5.91 Å². The van der Waals surface area contributed by atoms with Crippen molar-refractivity contribution >= 4 is 11.6 Å². The van der Waals surface area contributed by atoms with Gasteiger partial charge in [0.2, 0.25) is 0 Å². The number of rotatable bonds is 5. The van der Waals surface area contributed by atoms with Crippen LogP contribution in [0, 0.1) is 0 Å². The van der Waals surface area contributed by atoms with Crippen molar-refractivity contribution < 1.29 is 4.79 Å². The van der Waals surface area contributed by atoms with E-state index in [1.54, 1.807) is 23.2 Å². The zero-order valence-corrected chi connectivity index (χ0v) is 13.3.